The van der Waals surface area contributed by atoms with Gasteiger partial charge in [-0.15, -0.1) is 0 Å². The Morgan fingerprint density at radius 1 is 1.07 bits per heavy atom. The third kappa shape index (κ3) is 7.01. The molecule has 3 rings (SSSR count). The molecule has 2 atom stereocenters. The Morgan fingerprint density at radius 3 is 2.43 bits per heavy atom. The van der Waals surface area contributed by atoms with E-state index in [2.05, 4.69) is 57.8 Å². The van der Waals surface area contributed by atoms with Gasteiger partial charge < -0.3 is 15.5 Å². The van der Waals surface area contributed by atoms with Gasteiger partial charge in [-0.3, -0.25) is 9.69 Å². The Kier molecular flexibility index (Phi) is 8.55. The van der Waals surface area contributed by atoms with E-state index in [-0.39, 0.29) is 12.5 Å². The summed E-state index contributed by atoms with van der Waals surface area (Å²) in [6, 6.07) is 11.5. The minimum absolute atomic E-state index is 0.0328. The van der Waals surface area contributed by atoms with Crippen LogP contribution >= 0.6 is 0 Å². The SMILES string of the molecule is CC1CCCCC1NC(=NCC(=O)N(C)C)NC1CCN(Cc2ccccc2)CC1. The monoisotopic (exact) mass is 413 g/mol. The molecule has 1 heterocycles. The zero-order valence-corrected chi connectivity index (χ0v) is 18.9. The molecule has 0 radical (unpaired) electrons. The molecule has 1 aromatic rings. The van der Waals surface area contributed by atoms with Crippen LogP contribution in [0.1, 0.15) is 51.0 Å². The number of nitrogens with zero attached hydrogens (tertiary/aromatic N) is 3. The molecule has 6 nitrogen and oxygen atoms in total. The van der Waals surface area contributed by atoms with Gasteiger partial charge >= 0.3 is 0 Å². The van der Waals surface area contributed by atoms with Crippen LogP contribution in [-0.4, -0.2) is 67.5 Å². The van der Waals surface area contributed by atoms with Gasteiger partial charge in [-0.05, 0) is 37.2 Å². The number of aliphatic imine (C=N–C) groups is 1. The van der Waals surface area contributed by atoms with E-state index in [9.17, 15) is 4.79 Å². The first-order valence-corrected chi connectivity index (χ1v) is 11.5. The Bertz CT molecular complexity index is 682. The van der Waals surface area contributed by atoms with E-state index in [4.69, 9.17) is 0 Å². The molecule has 2 aliphatic rings. The average Bonchev–Trinajstić information content (AvgIpc) is 2.75. The summed E-state index contributed by atoms with van der Waals surface area (Å²) in [5.74, 6) is 1.49. The number of likely N-dealkylation sites (tertiary alicyclic amines) is 1. The minimum atomic E-state index is 0.0328. The molecule has 0 spiro atoms. The molecular weight excluding hydrogens is 374 g/mol. The van der Waals surface area contributed by atoms with Gasteiger partial charge in [-0.2, -0.15) is 0 Å². The van der Waals surface area contributed by atoms with Crippen molar-refractivity contribution in [3.63, 3.8) is 0 Å². The van der Waals surface area contributed by atoms with Crippen molar-refractivity contribution in [2.75, 3.05) is 33.7 Å². The lowest BCUT2D eigenvalue weighted by Gasteiger charge is -2.35. The predicted molar refractivity (Wildman–Crippen MR) is 123 cm³/mol. The second kappa shape index (κ2) is 11.3. The number of hydrogen-bond donors (Lipinski definition) is 2. The van der Waals surface area contributed by atoms with Gasteiger partial charge in [0.1, 0.15) is 6.54 Å². The zero-order valence-electron chi connectivity index (χ0n) is 18.9. The number of nitrogens with one attached hydrogen (secondary N) is 2. The number of hydrogen-bond acceptors (Lipinski definition) is 3. The first-order valence-electron chi connectivity index (χ1n) is 11.5. The van der Waals surface area contributed by atoms with E-state index in [1.165, 1.54) is 31.2 Å². The second-order valence-corrected chi connectivity index (χ2v) is 9.15. The van der Waals surface area contributed by atoms with Gasteiger partial charge in [0.25, 0.3) is 0 Å². The van der Waals surface area contributed by atoms with Crippen LogP contribution in [0.25, 0.3) is 0 Å². The van der Waals surface area contributed by atoms with Crippen molar-refractivity contribution in [3.05, 3.63) is 35.9 Å². The third-order valence-corrected chi connectivity index (χ3v) is 6.48. The summed E-state index contributed by atoms with van der Waals surface area (Å²) >= 11 is 0. The quantitative estimate of drug-likeness (QED) is 0.556. The Hall–Kier alpha value is -2.08. The molecule has 0 bridgehead atoms. The highest BCUT2D eigenvalue weighted by Gasteiger charge is 2.25. The molecule has 2 N–H and O–H groups in total. The maximum atomic E-state index is 12.1. The number of rotatable bonds is 6. The summed E-state index contributed by atoms with van der Waals surface area (Å²) in [6.45, 7) is 5.69. The number of guanidine groups is 1. The lowest BCUT2D eigenvalue weighted by molar-refractivity contribution is -0.127. The Labute approximate surface area is 182 Å². The third-order valence-electron chi connectivity index (χ3n) is 6.48. The Balaban J connectivity index is 1.54. The first kappa shape index (κ1) is 22.6. The fourth-order valence-corrected chi connectivity index (χ4v) is 4.40. The fraction of sp³-hybridized carbons (Fsp3) is 0.667. The highest BCUT2D eigenvalue weighted by Crippen LogP contribution is 2.23. The van der Waals surface area contributed by atoms with Crippen molar-refractivity contribution in [1.82, 2.24) is 20.4 Å². The van der Waals surface area contributed by atoms with Crippen molar-refractivity contribution < 1.29 is 4.79 Å². The fourth-order valence-electron chi connectivity index (χ4n) is 4.40. The molecule has 30 heavy (non-hydrogen) atoms. The van der Waals surface area contributed by atoms with Crippen molar-refractivity contribution >= 4 is 11.9 Å². The lowest BCUT2D eigenvalue weighted by Crippen LogP contribution is -2.52. The van der Waals surface area contributed by atoms with Crippen LogP contribution in [-0.2, 0) is 11.3 Å². The molecule has 1 aromatic carbocycles. The predicted octanol–water partition coefficient (Wildman–Crippen LogP) is 2.85. The molecule has 0 aromatic heterocycles. The molecule has 1 aliphatic carbocycles. The second-order valence-electron chi connectivity index (χ2n) is 9.15. The van der Waals surface area contributed by atoms with Crippen LogP contribution in [0.2, 0.25) is 0 Å². The molecule has 1 aliphatic heterocycles. The maximum absolute atomic E-state index is 12.1. The summed E-state index contributed by atoms with van der Waals surface area (Å²) < 4.78 is 0. The van der Waals surface area contributed by atoms with Crippen LogP contribution in [0.3, 0.4) is 0 Å². The van der Waals surface area contributed by atoms with Crippen LogP contribution in [0.5, 0.6) is 0 Å². The summed E-state index contributed by atoms with van der Waals surface area (Å²) in [5.41, 5.74) is 1.38. The summed E-state index contributed by atoms with van der Waals surface area (Å²) in [6.07, 6.45) is 7.21. The van der Waals surface area contributed by atoms with Crippen molar-refractivity contribution in [1.29, 1.82) is 0 Å². The molecule has 6 heteroatoms. The topological polar surface area (TPSA) is 60.0 Å². The largest absolute Gasteiger partial charge is 0.354 e. The van der Waals surface area contributed by atoms with E-state index in [1.54, 1.807) is 19.0 Å². The molecule has 1 saturated carbocycles. The van der Waals surface area contributed by atoms with Crippen LogP contribution in [0.15, 0.2) is 35.3 Å². The molecule has 1 amide bonds. The van der Waals surface area contributed by atoms with E-state index in [1.807, 2.05) is 0 Å². The average molecular weight is 414 g/mol. The van der Waals surface area contributed by atoms with Gasteiger partial charge in [-0.1, -0.05) is 50.1 Å². The molecule has 166 valence electrons. The molecule has 1 saturated heterocycles. The van der Waals surface area contributed by atoms with Crippen molar-refractivity contribution in [2.45, 2.75) is 64.1 Å². The first-order chi connectivity index (χ1) is 14.5. The number of benzene rings is 1. The number of likely N-dealkylation sites (N-methyl/N-ethyl adjacent to an activating group) is 1. The van der Waals surface area contributed by atoms with E-state index < -0.39 is 0 Å². The highest BCUT2D eigenvalue weighted by atomic mass is 16.2. The molecular formula is C24H39N5O. The van der Waals surface area contributed by atoms with Crippen LogP contribution in [0, 0.1) is 5.92 Å². The van der Waals surface area contributed by atoms with E-state index in [0.717, 1.165) is 38.4 Å². The highest BCUT2D eigenvalue weighted by molar-refractivity contribution is 5.85. The smallest absolute Gasteiger partial charge is 0.243 e. The van der Waals surface area contributed by atoms with Gasteiger partial charge in [0.15, 0.2) is 5.96 Å². The van der Waals surface area contributed by atoms with Gasteiger partial charge in [0.05, 0.1) is 0 Å². The molecule has 2 unspecified atom stereocenters. The van der Waals surface area contributed by atoms with Gasteiger partial charge in [-0.25, -0.2) is 4.99 Å². The lowest BCUT2D eigenvalue weighted by atomic mass is 9.86. The van der Waals surface area contributed by atoms with Crippen LogP contribution < -0.4 is 10.6 Å². The number of piperidine rings is 1. The number of amides is 1. The number of carbonyl (C=O) groups is 1. The molecule has 2 fully saturated rings. The van der Waals surface area contributed by atoms with Gasteiger partial charge in [0, 0.05) is 45.8 Å². The summed E-state index contributed by atoms with van der Waals surface area (Å²) in [7, 11) is 3.56. The standard InChI is InChI=1S/C24H39N5O/c1-19-9-7-8-12-22(19)27-24(25-17-23(30)28(2)3)26-21-13-15-29(16-14-21)18-20-10-5-4-6-11-20/h4-6,10-11,19,21-22H,7-9,12-18H2,1-3H3,(H2,25,26,27). The van der Waals surface area contributed by atoms with Crippen LogP contribution in [0.4, 0.5) is 0 Å². The van der Waals surface area contributed by atoms with E-state index in [0.29, 0.717) is 18.0 Å². The maximum Gasteiger partial charge on any atom is 0.243 e. The van der Waals surface area contributed by atoms with Crippen molar-refractivity contribution in [3.8, 4) is 0 Å². The normalized spacial score (nSPS) is 23.8. The van der Waals surface area contributed by atoms with Gasteiger partial charge in [0.2, 0.25) is 5.91 Å². The number of carbonyl (C=O) groups excluding carboxylic acids is 1. The zero-order chi connectivity index (χ0) is 21.3. The minimum Gasteiger partial charge on any atom is -0.354 e. The summed E-state index contributed by atoms with van der Waals surface area (Å²) in [5, 5.41) is 7.30. The van der Waals surface area contributed by atoms with Crippen molar-refractivity contribution in [2.24, 2.45) is 10.9 Å². The Morgan fingerprint density at radius 2 is 1.77 bits per heavy atom. The van der Waals surface area contributed by atoms with E-state index >= 15 is 0 Å². The summed E-state index contributed by atoms with van der Waals surface area (Å²) in [4.78, 5) is 20.8.